The minimum atomic E-state index is 0.994. The number of benzene rings is 3. The lowest BCUT2D eigenvalue weighted by atomic mass is 10.1. The van der Waals surface area contributed by atoms with Crippen LogP contribution in [-0.4, -0.2) is 0 Å². The maximum absolute atomic E-state index is 3.91. The van der Waals surface area contributed by atoms with Crippen LogP contribution in [0.1, 0.15) is 11.1 Å². The molecule has 0 heterocycles. The first-order chi connectivity index (χ1) is 12.8. The van der Waals surface area contributed by atoms with Gasteiger partial charge in [0.2, 0.25) is 0 Å². The molecule has 0 aliphatic carbocycles. The third kappa shape index (κ3) is 4.52. The topological polar surface area (TPSA) is 0 Å². The molecular formula is C24H18S2. The monoisotopic (exact) mass is 370 g/mol. The van der Waals surface area contributed by atoms with E-state index in [1.54, 1.807) is 23.5 Å². The number of hydrogen-bond acceptors (Lipinski definition) is 2. The van der Waals surface area contributed by atoms with Crippen molar-refractivity contribution in [2.45, 2.75) is 9.79 Å². The molecule has 0 bridgehead atoms. The van der Waals surface area contributed by atoms with E-state index in [4.69, 9.17) is 0 Å². The molecular weight excluding hydrogens is 352 g/mol. The van der Waals surface area contributed by atoms with Crippen LogP contribution in [0, 0.1) is 0 Å². The quantitative estimate of drug-likeness (QED) is 0.325. The number of hydrogen-bond donors (Lipinski definition) is 0. The van der Waals surface area contributed by atoms with Crippen molar-refractivity contribution >= 4 is 33.3 Å². The Hall–Kier alpha value is -2.60. The minimum Gasteiger partial charge on any atom is -0.113 e. The fourth-order valence-electron chi connectivity index (χ4n) is 2.46. The Morgan fingerprint density at radius 2 is 0.885 bits per heavy atom. The van der Waals surface area contributed by atoms with Gasteiger partial charge >= 0.3 is 0 Å². The molecule has 0 fully saturated rings. The third-order valence-electron chi connectivity index (χ3n) is 3.66. The van der Waals surface area contributed by atoms with Crippen LogP contribution in [0.25, 0.3) is 9.81 Å². The Balaban J connectivity index is 1.96. The van der Waals surface area contributed by atoms with Crippen molar-refractivity contribution in [2.75, 3.05) is 0 Å². The van der Waals surface area contributed by atoms with Crippen molar-refractivity contribution in [3.05, 3.63) is 121 Å². The van der Waals surface area contributed by atoms with Crippen LogP contribution in [0.15, 0.2) is 119 Å². The molecule has 3 rings (SSSR count). The normalized spacial score (nSPS) is 9.85. The van der Waals surface area contributed by atoms with Crippen molar-refractivity contribution in [3.8, 4) is 0 Å². The first-order valence-corrected chi connectivity index (χ1v) is 9.81. The molecule has 0 unspecified atom stereocenters. The van der Waals surface area contributed by atoms with E-state index in [2.05, 4.69) is 61.0 Å². The lowest BCUT2D eigenvalue weighted by Gasteiger charge is -2.13. The molecule has 0 aliphatic heterocycles. The van der Waals surface area contributed by atoms with E-state index in [0.29, 0.717) is 0 Å². The van der Waals surface area contributed by atoms with Crippen LogP contribution in [0.2, 0.25) is 0 Å². The standard InChI is InChI=1S/C24H18S2/c1-3-23(25-19-13-7-5-8-14-19)21-17-11-12-18-22(21)24(4-2)26-20-15-9-6-10-16-20/h5-18H,1-2H2. The van der Waals surface area contributed by atoms with Crippen molar-refractivity contribution in [1.29, 1.82) is 0 Å². The summed E-state index contributed by atoms with van der Waals surface area (Å²) in [5.74, 6) is 0. The van der Waals surface area contributed by atoms with Crippen molar-refractivity contribution in [1.82, 2.24) is 0 Å². The second-order valence-corrected chi connectivity index (χ2v) is 7.56. The van der Waals surface area contributed by atoms with Gasteiger partial charge < -0.3 is 0 Å². The van der Waals surface area contributed by atoms with Gasteiger partial charge in [-0.2, -0.15) is 0 Å². The minimum absolute atomic E-state index is 0.994. The van der Waals surface area contributed by atoms with Crippen molar-refractivity contribution in [3.63, 3.8) is 0 Å². The van der Waals surface area contributed by atoms with Gasteiger partial charge in [-0.1, -0.05) is 97.3 Å². The maximum Gasteiger partial charge on any atom is 0.0613 e. The molecule has 126 valence electrons. The molecule has 0 aliphatic rings. The Morgan fingerprint density at radius 1 is 0.538 bits per heavy atom. The molecule has 0 N–H and O–H groups in total. The summed E-state index contributed by atoms with van der Waals surface area (Å²) in [5.41, 5.74) is 8.40. The fourth-order valence-corrected chi connectivity index (χ4v) is 4.24. The van der Waals surface area contributed by atoms with Gasteiger partial charge in [-0.3, -0.25) is 0 Å². The highest BCUT2D eigenvalue weighted by atomic mass is 32.2. The van der Waals surface area contributed by atoms with Gasteiger partial charge in [0.05, 0.1) is 9.81 Å². The second-order valence-electron chi connectivity index (χ2n) is 5.39. The van der Waals surface area contributed by atoms with Crippen LogP contribution in [-0.2, 0) is 0 Å². The molecule has 26 heavy (non-hydrogen) atoms. The highest BCUT2D eigenvalue weighted by Crippen LogP contribution is 2.41. The highest BCUT2D eigenvalue weighted by Gasteiger charge is 2.13. The van der Waals surface area contributed by atoms with Crippen LogP contribution < -0.4 is 0 Å². The number of thioether (sulfide) groups is 2. The molecule has 0 atom stereocenters. The highest BCUT2D eigenvalue weighted by molar-refractivity contribution is 8.08. The maximum atomic E-state index is 3.91. The van der Waals surface area contributed by atoms with Crippen LogP contribution in [0.3, 0.4) is 0 Å². The lowest BCUT2D eigenvalue weighted by molar-refractivity contribution is 1.47. The van der Waals surface area contributed by atoms with E-state index in [9.17, 15) is 0 Å². The SMILES string of the molecule is C=C=C(Sc1ccccc1)c1ccccc1C(=C=C)Sc1ccccc1. The summed E-state index contributed by atoms with van der Waals surface area (Å²) in [5, 5.41) is 0. The van der Waals surface area contributed by atoms with E-state index < -0.39 is 0 Å². The van der Waals surface area contributed by atoms with Gasteiger partial charge in [0, 0.05) is 20.9 Å². The van der Waals surface area contributed by atoms with Gasteiger partial charge in [-0.25, -0.2) is 0 Å². The Bertz CT molecular complexity index is 892. The summed E-state index contributed by atoms with van der Waals surface area (Å²) in [6.45, 7) is 7.82. The van der Waals surface area contributed by atoms with Gasteiger partial charge in [0.1, 0.15) is 0 Å². The Morgan fingerprint density at radius 3 is 1.23 bits per heavy atom. The van der Waals surface area contributed by atoms with Gasteiger partial charge in [-0.05, 0) is 24.3 Å². The largest absolute Gasteiger partial charge is 0.113 e. The molecule has 0 aromatic heterocycles. The summed E-state index contributed by atoms with van der Waals surface area (Å²) in [7, 11) is 0. The van der Waals surface area contributed by atoms with Gasteiger partial charge in [0.15, 0.2) is 0 Å². The predicted octanol–water partition coefficient (Wildman–Crippen LogP) is 7.52. The summed E-state index contributed by atoms with van der Waals surface area (Å²) < 4.78 is 0. The smallest absolute Gasteiger partial charge is 0.0613 e. The summed E-state index contributed by atoms with van der Waals surface area (Å²) in [4.78, 5) is 4.31. The zero-order valence-electron chi connectivity index (χ0n) is 14.3. The predicted molar refractivity (Wildman–Crippen MR) is 116 cm³/mol. The number of rotatable bonds is 6. The molecule has 0 saturated carbocycles. The molecule has 2 heteroatoms. The molecule has 0 saturated heterocycles. The van der Waals surface area contributed by atoms with Crippen molar-refractivity contribution in [2.24, 2.45) is 0 Å². The lowest BCUT2D eigenvalue weighted by Crippen LogP contribution is -1.89. The molecule has 0 radical (unpaired) electrons. The first-order valence-electron chi connectivity index (χ1n) is 8.17. The van der Waals surface area contributed by atoms with E-state index in [0.717, 1.165) is 30.7 Å². The average molecular weight is 371 g/mol. The second kappa shape index (κ2) is 9.20. The van der Waals surface area contributed by atoms with Crippen molar-refractivity contribution < 1.29 is 0 Å². The summed E-state index contributed by atoms with van der Waals surface area (Å²) >= 11 is 3.32. The van der Waals surface area contributed by atoms with Crippen LogP contribution in [0.4, 0.5) is 0 Å². The van der Waals surface area contributed by atoms with E-state index in [1.165, 1.54) is 0 Å². The fraction of sp³-hybridized carbons (Fsp3) is 0. The molecule has 0 amide bonds. The zero-order valence-corrected chi connectivity index (χ0v) is 15.9. The van der Waals surface area contributed by atoms with E-state index in [-0.39, 0.29) is 0 Å². The van der Waals surface area contributed by atoms with E-state index in [1.807, 2.05) is 48.5 Å². The summed E-state index contributed by atoms with van der Waals surface area (Å²) in [6, 6.07) is 28.8. The summed E-state index contributed by atoms with van der Waals surface area (Å²) in [6.07, 6.45) is 0. The van der Waals surface area contributed by atoms with Crippen LogP contribution >= 0.6 is 23.5 Å². The molecule has 0 spiro atoms. The third-order valence-corrected chi connectivity index (χ3v) is 5.82. The zero-order chi connectivity index (χ0) is 18.2. The van der Waals surface area contributed by atoms with Gasteiger partial charge in [-0.15, -0.1) is 11.5 Å². The van der Waals surface area contributed by atoms with E-state index >= 15 is 0 Å². The first kappa shape index (κ1) is 18.2. The van der Waals surface area contributed by atoms with Gasteiger partial charge in [0.25, 0.3) is 0 Å². The van der Waals surface area contributed by atoms with Crippen LogP contribution in [0.5, 0.6) is 0 Å². The Labute approximate surface area is 163 Å². The molecule has 3 aromatic rings. The average Bonchev–Trinajstić information content (AvgIpc) is 2.72. The molecule has 3 aromatic carbocycles. The molecule has 0 nitrogen and oxygen atoms in total. The Kier molecular flexibility index (Phi) is 6.44.